The van der Waals surface area contributed by atoms with E-state index < -0.39 is 0 Å². The lowest BCUT2D eigenvalue weighted by Crippen LogP contribution is -2.43. The summed E-state index contributed by atoms with van der Waals surface area (Å²) in [7, 11) is 2.20. The molecule has 0 saturated carbocycles. The second-order valence-electron chi connectivity index (χ2n) is 8.43. The van der Waals surface area contributed by atoms with Gasteiger partial charge in [-0.3, -0.25) is 4.90 Å². The molecule has 30 heavy (non-hydrogen) atoms. The summed E-state index contributed by atoms with van der Waals surface area (Å²) in [5.74, 6) is 0.543. The van der Waals surface area contributed by atoms with E-state index in [-0.39, 0.29) is 0 Å². The van der Waals surface area contributed by atoms with Crippen LogP contribution in [0.25, 0.3) is 5.57 Å². The summed E-state index contributed by atoms with van der Waals surface area (Å²) >= 11 is 0. The summed E-state index contributed by atoms with van der Waals surface area (Å²) in [6.45, 7) is 8.34. The molecule has 1 fully saturated rings. The number of unbranched alkanes of at least 4 members (excludes halogenated alkanes) is 1. The van der Waals surface area contributed by atoms with Crippen LogP contribution in [0.2, 0.25) is 0 Å². The van der Waals surface area contributed by atoms with E-state index in [0.29, 0.717) is 18.4 Å². The Bertz CT molecular complexity index is 902. The Labute approximate surface area is 179 Å². The van der Waals surface area contributed by atoms with E-state index >= 15 is 0 Å². The third kappa shape index (κ3) is 4.99. The van der Waals surface area contributed by atoms with Crippen LogP contribution in [0.3, 0.4) is 0 Å². The van der Waals surface area contributed by atoms with Crippen LogP contribution < -0.4 is 10.5 Å². The van der Waals surface area contributed by atoms with Gasteiger partial charge >= 0.3 is 6.01 Å². The van der Waals surface area contributed by atoms with Crippen molar-refractivity contribution in [1.29, 1.82) is 0 Å². The van der Waals surface area contributed by atoms with Crippen molar-refractivity contribution in [2.75, 3.05) is 45.6 Å². The number of nitrogen functional groups attached to an aromatic ring is 1. The number of nitrogens with two attached hydrogens (primary N) is 1. The minimum Gasteiger partial charge on any atom is -0.463 e. The van der Waals surface area contributed by atoms with E-state index in [1.165, 1.54) is 16.7 Å². The number of fused-ring (bicyclic) bond motifs is 1. The summed E-state index contributed by atoms with van der Waals surface area (Å²) in [6, 6.07) is 9.34. The zero-order valence-electron chi connectivity index (χ0n) is 18.2. The molecule has 2 heterocycles. The van der Waals surface area contributed by atoms with Crippen LogP contribution in [0.5, 0.6) is 6.01 Å². The van der Waals surface area contributed by atoms with E-state index in [0.717, 1.165) is 69.7 Å². The van der Waals surface area contributed by atoms with Crippen molar-refractivity contribution >= 4 is 11.4 Å². The highest BCUT2D eigenvalue weighted by Crippen LogP contribution is 2.33. The number of likely N-dealkylation sites (N-methyl/N-ethyl adjacent to an activating group) is 1. The Morgan fingerprint density at radius 2 is 1.90 bits per heavy atom. The lowest BCUT2D eigenvalue weighted by atomic mass is 10.0. The molecule has 0 radical (unpaired) electrons. The smallest absolute Gasteiger partial charge is 0.318 e. The van der Waals surface area contributed by atoms with Crippen LogP contribution in [0.1, 0.15) is 42.1 Å². The molecule has 1 aromatic heterocycles. The molecule has 1 aromatic carbocycles. The molecule has 1 aliphatic carbocycles. The Kier molecular flexibility index (Phi) is 6.65. The Hall–Kier alpha value is -2.44. The first kappa shape index (κ1) is 20.8. The number of anilines is 1. The van der Waals surface area contributed by atoms with Gasteiger partial charge in [0.2, 0.25) is 0 Å². The predicted molar refractivity (Wildman–Crippen MR) is 121 cm³/mol. The van der Waals surface area contributed by atoms with Gasteiger partial charge in [-0.15, -0.1) is 0 Å². The van der Waals surface area contributed by atoms with Crippen LogP contribution >= 0.6 is 0 Å². The van der Waals surface area contributed by atoms with Gasteiger partial charge in [0.15, 0.2) is 0 Å². The van der Waals surface area contributed by atoms with Gasteiger partial charge < -0.3 is 15.4 Å². The van der Waals surface area contributed by atoms with Crippen LogP contribution in [0, 0.1) is 0 Å². The van der Waals surface area contributed by atoms with Gasteiger partial charge in [0.25, 0.3) is 0 Å². The third-order valence-electron chi connectivity index (χ3n) is 5.99. The molecule has 1 saturated heterocycles. The molecule has 2 aromatic rings. The lowest BCUT2D eigenvalue weighted by Gasteiger charge is -2.32. The summed E-state index contributed by atoms with van der Waals surface area (Å²) in [6.07, 6.45) is 5.96. The van der Waals surface area contributed by atoms with E-state index in [9.17, 15) is 0 Å². The number of hydrogen-bond acceptors (Lipinski definition) is 6. The lowest BCUT2D eigenvalue weighted by molar-refractivity contribution is 0.148. The largest absolute Gasteiger partial charge is 0.463 e. The molecule has 0 atom stereocenters. The average molecular weight is 408 g/mol. The first-order chi connectivity index (χ1) is 14.6. The highest BCUT2D eigenvalue weighted by Gasteiger charge is 2.21. The molecule has 2 N–H and O–H groups in total. The van der Waals surface area contributed by atoms with Gasteiger partial charge in [0.1, 0.15) is 5.82 Å². The molecule has 0 unspecified atom stereocenters. The SMILES string of the molecule is CCCCOc1nc(N)c2c(n1)C(Cc1cccc(CN3CCN(C)CC3)c1)=CC2. The quantitative estimate of drug-likeness (QED) is 0.678. The van der Waals surface area contributed by atoms with Crippen molar-refractivity contribution in [3.05, 3.63) is 52.7 Å². The monoisotopic (exact) mass is 407 g/mol. The fourth-order valence-electron chi connectivity index (χ4n) is 4.12. The molecule has 0 spiro atoms. The molecule has 0 amide bonds. The minimum atomic E-state index is 0.399. The summed E-state index contributed by atoms with van der Waals surface area (Å²) < 4.78 is 5.72. The Balaban J connectivity index is 1.44. The molecular weight excluding hydrogens is 374 g/mol. The second kappa shape index (κ2) is 9.58. The molecule has 1 aliphatic heterocycles. The number of ether oxygens (including phenoxy) is 1. The van der Waals surface area contributed by atoms with Crippen LogP contribution in [0.4, 0.5) is 5.82 Å². The molecule has 4 rings (SSSR count). The van der Waals surface area contributed by atoms with E-state index in [1.54, 1.807) is 0 Å². The van der Waals surface area contributed by atoms with Gasteiger partial charge in [-0.05, 0) is 43.0 Å². The van der Waals surface area contributed by atoms with Gasteiger partial charge in [-0.1, -0.05) is 43.7 Å². The maximum absolute atomic E-state index is 6.20. The number of nitrogens with zero attached hydrogens (tertiary/aromatic N) is 4. The van der Waals surface area contributed by atoms with Crippen LogP contribution in [-0.4, -0.2) is 59.6 Å². The van der Waals surface area contributed by atoms with Crippen molar-refractivity contribution in [1.82, 2.24) is 19.8 Å². The normalized spacial score (nSPS) is 17.1. The topological polar surface area (TPSA) is 67.5 Å². The van der Waals surface area contributed by atoms with E-state index in [2.05, 4.69) is 59.1 Å². The number of rotatable bonds is 8. The van der Waals surface area contributed by atoms with Crippen LogP contribution in [-0.2, 0) is 19.4 Å². The van der Waals surface area contributed by atoms with Crippen LogP contribution in [0.15, 0.2) is 30.3 Å². The Morgan fingerprint density at radius 3 is 2.70 bits per heavy atom. The number of hydrogen-bond donors (Lipinski definition) is 1. The molecule has 2 aliphatic rings. The first-order valence-corrected chi connectivity index (χ1v) is 11.1. The molecule has 6 nitrogen and oxygen atoms in total. The molecule has 0 bridgehead atoms. The third-order valence-corrected chi connectivity index (χ3v) is 5.99. The van der Waals surface area contributed by atoms with Crippen molar-refractivity contribution < 1.29 is 4.74 Å². The molecule has 160 valence electrons. The van der Waals surface area contributed by atoms with Crippen molar-refractivity contribution in [3.63, 3.8) is 0 Å². The molecule has 6 heteroatoms. The Morgan fingerprint density at radius 1 is 1.10 bits per heavy atom. The van der Waals surface area contributed by atoms with Crippen molar-refractivity contribution in [3.8, 4) is 6.01 Å². The highest BCUT2D eigenvalue weighted by atomic mass is 16.5. The molecular formula is C24H33N5O. The van der Waals surface area contributed by atoms with Crippen molar-refractivity contribution in [2.24, 2.45) is 0 Å². The van der Waals surface area contributed by atoms with Gasteiger partial charge in [0, 0.05) is 38.3 Å². The van der Waals surface area contributed by atoms with Crippen molar-refractivity contribution in [2.45, 2.75) is 39.2 Å². The van der Waals surface area contributed by atoms with E-state index in [4.69, 9.17) is 15.5 Å². The van der Waals surface area contributed by atoms with Gasteiger partial charge in [-0.2, -0.15) is 9.97 Å². The van der Waals surface area contributed by atoms with E-state index in [1.807, 2.05) is 0 Å². The average Bonchev–Trinajstić information content (AvgIpc) is 3.13. The fraction of sp³-hybridized carbons (Fsp3) is 0.500. The highest BCUT2D eigenvalue weighted by molar-refractivity contribution is 5.75. The second-order valence-corrected chi connectivity index (χ2v) is 8.43. The summed E-state index contributed by atoms with van der Waals surface area (Å²) in [4.78, 5) is 14.0. The summed E-state index contributed by atoms with van der Waals surface area (Å²) in [5, 5.41) is 0. The fourth-order valence-corrected chi connectivity index (χ4v) is 4.12. The van der Waals surface area contributed by atoms with Gasteiger partial charge in [0.05, 0.1) is 12.3 Å². The number of aromatic nitrogens is 2. The number of allylic oxidation sites excluding steroid dienone is 2. The minimum absolute atomic E-state index is 0.399. The number of piperazine rings is 1. The maximum atomic E-state index is 6.20. The zero-order chi connectivity index (χ0) is 20.9. The first-order valence-electron chi connectivity index (χ1n) is 11.1. The summed E-state index contributed by atoms with van der Waals surface area (Å²) in [5.41, 5.74) is 12.1. The zero-order valence-corrected chi connectivity index (χ0v) is 18.2. The maximum Gasteiger partial charge on any atom is 0.318 e. The number of benzene rings is 1. The standard InChI is InChI=1S/C24H33N5O/c1-3-4-14-30-24-26-22-20(8-9-21(22)23(25)27-24)16-18-6-5-7-19(15-18)17-29-12-10-28(2)11-13-29/h5-8,15H,3-4,9-14,16-17H2,1-2H3,(H2,25,26,27). The van der Waals surface area contributed by atoms with Gasteiger partial charge in [-0.25, -0.2) is 0 Å². The predicted octanol–water partition coefficient (Wildman–Crippen LogP) is 3.17.